The fourth-order valence-electron chi connectivity index (χ4n) is 6.83. The number of aromatic nitrogens is 1. The quantitative estimate of drug-likeness (QED) is 0.133. The van der Waals surface area contributed by atoms with E-state index in [0.717, 1.165) is 33.6 Å². The van der Waals surface area contributed by atoms with Gasteiger partial charge in [0.05, 0.1) is 43.3 Å². The number of carbonyl (C=O) groups excluding carboxylic acids is 1. The summed E-state index contributed by atoms with van der Waals surface area (Å²) in [5.74, 6) is -2.03. The number of benzene rings is 4. The molecular formula is C41H42N4O11S3. The van der Waals surface area contributed by atoms with Gasteiger partial charge < -0.3 is 19.7 Å². The normalized spacial score (nSPS) is 13.6. The Kier molecular flexibility index (Phi) is 12.6. The molecule has 1 aromatic heterocycles. The van der Waals surface area contributed by atoms with Crippen LogP contribution in [0.1, 0.15) is 61.5 Å². The van der Waals surface area contributed by atoms with Gasteiger partial charge in [-0.3, -0.25) is 23.5 Å². The van der Waals surface area contributed by atoms with Crippen molar-refractivity contribution in [2.24, 2.45) is 0 Å². The maximum atomic E-state index is 13.6. The molecule has 3 N–H and O–H groups in total. The van der Waals surface area contributed by atoms with Crippen molar-refractivity contribution in [1.82, 2.24) is 4.98 Å². The number of thiazole rings is 1. The summed E-state index contributed by atoms with van der Waals surface area (Å²) in [5, 5.41) is 22.6. The molecule has 0 bridgehead atoms. The first-order chi connectivity index (χ1) is 28.0. The number of fused-ring (bicyclic) bond motifs is 2. The summed E-state index contributed by atoms with van der Waals surface area (Å²) in [6, 6.07) is 19.6. The molecule has 310 valence electrons. The van der Waals surface area contributed by atoms with Crippen molar-refractivity contribution in [3.63, 3.8) is 0 Å². The molecule has 3 heterocycles. The van der Waals surface area contributed by atoms with Crippen LogP contribution in [-0.4, -0.2) is 77.2 Å². The monoisotopic (exact) mass is 862 g/mol. The Bertz CT molecular complexity index is 2660. The fourth-order valence-corrected chi connectivity index (χ4v) is 11.1. The third kappa shape index (κ3) is 9.19. The van der Waals surface area contributed by atoms with Crippen molar-refractivity contribution in [3.05, 3.63) is 117 Å². The molecule has 5 aromatic rings. The van der Waals surface area contributed by atoms with Crippen molar-refractivity contribution in [2.45, 2.75) is 55.7 Å². The number of methoxy groups -OCH3 is 2. The predicted octanol–water partition coefficient (Wildman–Crippen LogP) is 6.32. The lowest BCUT2D eigenvalue weighted by molar-refractivity contribution is -0.136. The number of nitrogens with one attached hydrogen (secondary N) is 1. The summed E-state index contributed by atoms with van der Waals surface area (Å²) in [6.45, 7) is 4.20. The van der Waals surface area contributed by atoms with Crippen LogP contribution in [0.2, 0.25) is 0 Å². The molecular weight excluding hydrogens is 821 g/mol. The van der Waals surface area contributed by atoms with Crippen molar-refractivity contribution in [1.29, 1.82) is 0 Å². The number of sulfonamides is 2. The number of aryl methyl sites for hydroxylation is 4. The maximum Gasteiger partial charge on any atom is 0.335 e. The van der Waals surface area contributed by atoms with Gasteiger partial charge in [0.1, 0.15) is 21.3 Å². The highest BCUT2D eigenvalue weighted by atomic mass is 32.2. The number of carboxylic acid groups (broad SMARTS) is 2. The SMILES string of the molecule is COc1ccc(C)cc1S(=O)(=O)N1CCCc2ccc(C(=O)Nc3nc(CC(=O)O)cs3)cc21.COc1ccc(C)cc1S(=O)(=O)N1CCCc2ccc(C(=O)O)cc21. The second kappa shape index (κ2) is 17.5. The molecule has 0 unspecified atom stereocenters. The summed E-state index contributed by atoms with van der Waals surface area (Å²) >= 11 is 1.12. The molecule has 0 saturated carbocycles. The van der Waals surface area contributed by atoms with Crippen molar-refractivity contribution < 1.29 is 50.9 Å². The van der Waals surface area contributed by atoms with E-state index in [4.69, 9.17) is 14.6 Å². The van der Waals surface area contributed by atoms with Crippen LogP contribution < -0.4 is 23.4 Å². The number of amides is 1. The fraction of sp³-hybridized carbons (Fsp3) is 0.268. The van der Waals surface area contributed by atoms with Gasteiger partial charge in [-0.2, -0.15) is 0 Å². The van der Waals surface area contributed by atoms with Crippen molar-refractivity contribution >= 4 is 65.7 Å². The van der Waals surface area contributed by atoms with Gasteiger partial charge in [-0.05, 0) is 110 Å². The van der Waals surface area contributed by atoms with E-state index in [0.29, 0.717) is 49.3 Å². The van der Waals surface area contributed by atoms with E-state index in [1.807, 2.05) is 13.8 Å². The molecule has 2 aliphatic heterocycles. The standard InChI is InChI=1S/C23H23N3O6S2.C18H19NO5S/c1-14-5-8-19(32-2)20(10-14)34(30,31)26-9-3-4-15-6-7-16(11-18(15)26)22(29)25-23-24-17(13-33-23)12-21(27)28;1-12-5-8-16(24-2)17(10-12)25(22,23)19-9-3-4-13-6-7-14(18(20)21)11-15(13)19/h5-8,10-11,13H,3-4,9,12H2,1-2H3,(H,27,28)(H,24,25,29);5-8,10-11H,3-4,9H2,1-2H3,(H,20,21). The van der Waals surface area contributed by atoms with Gasteiger partial charge in [0.15, 0.2) is 5.13 Å². The zero-order chi connectivity index (χ0) is 42.6. The Labute approximate surface area is 346 Å². The van der Waals surface area contributed by atoms with Crippen LogP contribution in [0, 0.1) is 13.8 Å². The molecule has 0 radical (unpaired) electrons. The highest BCUT2D eigenvalue weighted by molar-refractivity contribution is 7.93. The van der Waals surface area contributed by atoms with Crippen LogP contribution in [0.5, 0.6) is 11.5 Å². The van der Waals surface area contributed by atoms with Gasteiger partial charge in [-0.1, -0.05) is 24.3 Å². The zero-order valence-corrected chi connectivity index (χ0v) is 35.0. The third-order valence-corrected chi connectivity index (χ3v) is 14.2. The van der Waals surface area contributed by atoms with Gasteiger partial charge in [0.25, 0.3) is 26.0 Å². The summed E-state index contributed by atoms with van der Waals surface area (Å²) in [5.41, 5.74) is 4.81. The Morgan fingerprint density at radius 1 is 0.729 bits per heavy atom. The van der Waals surface area contributed by atoms with E-state index in [-0.39, 0.29) is 50.5 Å². The number of hydrogen-bond donors (Lipinski definition) is 3. The van der Waals surface area contributed by atoms with E-state index in [2.05, 4.69) is 10.3 Å². The molecule has 0 aliphatic carbocycles. The van der Waals surface area contributed by atoms with E-state index in [1.54, 1.807) is 66.0 Å². The Balaban J connectivity index is 0.000000208. The molecule has 15 nitrogen and oxygen atoms in total. The number of carboxylic acids is 2. The van der Waals surface area contributed by atoms with Crippen LogP contribution in [-0.2, 0) is 44.1 Å². The molecule has 2 aliphatic rings. The minimum atomic E-state index is -3.94. The molecule has 1 amide bonds. The van der Waals surface area contributed by atoms with Crippen molar-refractivity contribution in [3.8, 4) is 11.5 Å². The largest absolute Gasteiger partial charge is 0.495 e. The second-order valence-corrected chi connectivity index (χ2v) is 18.4. The predicted molar refractivity (Wildman–Crippen MR) is 222 cm³/mol. The topological polar surface area (TPSA) is 210 Å². The minimum Gasteiger partial charge on any atom is -0.495 e. The van der Waals surface area contributed by atoms with Crippen LogP contribution >= 0.6 is 11.3 Å². The number of anilines is 3. The first kappa shape index (κ1) is 42.6. The number of ether oxygens (including phenoxy) is 2. The number of carbonyl (C=O) groups is 3. The Morgan fingerprint density at radius 3 is 1.69 bits per heavy atom. The molecule has 7 rings (SSSR count). The number of rotatable bonds is 11. The highest BCUT2D eigenvalue weighted by Crippen LogP contribution is 2.38. The number of aromatic carboxylic acids is 1. The summed E-state index contributed by atoms with van der Waals surface area (Å²) < 4.78 is 66.9. The third-order valence-electron chi connectivity index (χ3n) is 9.71. The zero-order valence-electron chi connectivity index (χ0n) is 32.6. The Morgan fingerprint density at radius 2 is 1.22 bits per heavy atom. The molecule has 0 spiro atoms. The molecule has 4 aromatic carbocycles. The first-order valence-corrected chi connectivity index (χ1v) is 22.1. The molecule has 0 atom stereocenters. The Hall–Kier alpha value is -5.98. The number of hydrogen-bond acceptors (Lipinski definition) is 11. The van der Waals surface area contributed by atoms with Crippen molar-refractivity contribution in [2.75, 3.05) is 41.2 Å². The number of aliphatic carboxylic acids is 1. The lowest BCUT2D eigenvalue weighted by Crippen LogP contribution is -2.36. The van der Waals surface area contributed by atoms with Crippen LogP contribution in [0.25, 0.3) is 0 Å². The minimum absolute atomic E-state index is 0.0667. The second-order valence-electron chi connectivity index (χ2n) is 13.8. The lowest BCUT2D eigenvalue weighted by Gasteiger charge is -2.31. The van der Waals surface area contributed by atoms with Gasteiger partial charge in [0.2, 0.25) is 0 Å². The average molecular weight is 863 g/mol. The van der Waals surface area contributed by atoms with Crippen LogP contribution in [0.15, 0.2) is 88.0 Å². The number of nitrogens with zero attached hydrogens (tertiary/aromatic N) is 3. The van der Waals surface area contributed by atoms with E-state index in [1.165, 1.54) is 35.0 Å². The van der Waals surface area contributed by atoms with Gasteiger partial charge in [-0.25, -0.2) is 26.6 Å². The smallest absolute Gasteiger partial charge is 0.335 e. The highest BCUT2D eigenvalue weighted by Gasteiger charge is 2.34. The van der Waals surface area contributed by atoms with Crippen LogP contribution in [0.3, 0.4) is 0 Å². The average Bonchev–Trinajstić information content (AvgIpc) is 3.65. The lowest BCUT2D eigenvalue weighted by atomic mass is 10.0. The molecule has 0 saturated heterocycles. The molecule has 0 fully saturated rings. The van der Waals surface area contributed by atoms with E-state index in [9.17, 15) is 36.3 Å². The van der Waals surface area contributed by atoms with Gasteiger partial charge in [0, 0.05) is 24.0 Å². The van der Waals surface area contributed by atoms with Gasteiger partial charge in [-0.15, -0.1) is 11.3 Å². The molecule has 59 heavy (non-hydrogen) atoms. The van der Waals surface area contributed by atoms with Gasteiger partial charge >= 0.3 is 11.9 Å². The van der Waals surface area contributed by atoms with Crippen LogP contribution in [0.4, 0.5) is 16.5 Å². The summed E-state index contributed by atoms with van der Waals surface area (Å²) in [7, 11) is -4.95. The van der Waals surface area contributed by atoms with E-state index >= 15 is 0 Å². The molecule has 18 heteroatoms. The summed E-state index contributed by atoms with van der Waals surface area (Å²) in [6.07, 6.45) is 2.50. The first-order valence-electron chi connectivity index (χ1n) is 18.3. The summed E-state index contributed by atoms with van der Waals surface area (Å²) in [4.78, 5) is 39.2. The maximum absolute atomic E-state index is 13.6. The van der Waals surface area contributed by atoms with E-state index < -0.39 is 37.9 Å².